The lowest BCUT2D eigenvalue weighted by Gasteiger charge is -2.32. The molecule has 1 amide bonds. The molecular weight excluding hydrogens is 348 g/mol. The third kappa shape index (κ3) is 4.27. The van der Waals surface area contributed by atoms with Gasteiger partial charge in [-0.25, -0.2) is 4.68 Å². The van der Waals surface area contributed by atoms with Gasteiger partial charge in [0.25, 0.3) is 5.91 Å². The van der Waals surface area contributed by atoms with Crippen LogP contribution in [0.2, 0.25) is 0 Å². The summed E-state index contributed by atoms with van der Waals surface area (Å²) in [6.45, 7) is 6.67. The summed E-state index contributed by atoms with van der Waals surface area (Å²) < 4.78 is 1.88. The molecule has 1 aromatic heterocycles. The number of piperidine rings is 1. The Morgan fingerprint density at radius 3 is 2.46 bits per heavy atom. The van der Waals surface area contributed by atoms with E-state index >= 15 is 0 Å². The van der Waals surface area contributed by atoms with Gasteiger partial charge in [-0.1, -0.05) is 18.2 Å². The van der Waals surface area contributed by atoms with Crippen LogP contribution in [-0.4, -0.2) is 47.3 Å². The summed E-state index contributed by atoms with van der Waals surface area (Å²) >= 11 is 0. The molecule has 2 heterocycles. The number of aryl methyl sites for hydroxylation is 1. The Bertz CT molecular complexity index is 721. The Labute approximate surface area is 162 Å². The molecule has 1 aliphatic heterocycles. The summed E-state index contributed by atoms with van der Waals surface area (Å²) in [5.41, 5.74) is 3.49. The minimum absolute atomic E-state index is 0. The molecule has 0 bridgehead atoms. The van der Waals surface area contributed by atoms with E-state index in [9.17, 15) is 4.79 Å². The van der Waals surface area contributed by atoms with E-state index in [4.69, 9.17) is 0 Å². The smallest absolute Gasteiger partial charge is 0.257 e. The van der Waals surface area contributed by atoms with Crippen molar-refractivity contribution in [3.05, 3.63) is 47.3 Å². The molecular formula is C20H29ClN4O. The van der Waals surface area contributed by atoms with Crippen molar-refractivity contribution in [3.63, 3.8) is 0 Å². The second-order valence-corrected chi connectivity index (χ2v) is 6.92. The summed E-state index contributed by atoms with van der Waals surface area (Å²) in [4.78, 5) is 15.1. The van der Waals surface area contributed by atoms with Gasteiger partial charge in [0, 0.05) is 13.1 Å². The Morgan fingerprint density at radius 1 is 1.19 bits per heavy atom. The van der Waals surface area contributed by atoms with Crippen molar-refractivity contribution in [2.45, 2.75) is 33.1 Å². The van der Waals surface area contributed by atoms with Crippen molar-refractivity contribution in [3.8, 4) is 5.69 Å². The van der Waals surface area contributed by atoms with Gasteiger partial charge in [-0.3, -0.25) is 4.79 Å². The molecule has 0 saturated carbocycles. The first-order valence-electron chi connectivity index (χ1n) is 9.17. The normalized spacial score (nSPS) is 15.0. The second kappa shape index (κ2) is 9.19. The average molecular weight is 377 g/mol. The maximum atomic E-state index is 13.1. The zero-order valence-corrected chi connectivity index (χ0v) is 16.7. The van der Waals surface area contributed by atoms with Crippen LogP contribution in [0.1, 0.15) is 41.0 Å². The Morgan fingerprint density at radius 2 is 1.85 bits per heavy atom. The van der Waals surface area contributed by atoms with E-state index in [2.05, 4.69) is 10.4 Å². The molecule has 0 aliphatic carbocycles. The lowest BCUT2D eigenvalue weighted by molar-refractivity contribution is 0.0685. The van der Waals surface area contributed by atoms with E-state index in [0.717, 1.165) is 61.0 Å². The lowest BCUT2D eigenvalue weighted by Crippen LogP contribution is -2.39. The first-order chi connectivity index (χ1) is 12.1. The molecule has 5 nitrogen and oxygen atoms in total. The summed E-state index contributed by atoms with van der Waals surface area (Å²) in [7, 11) is 1.99. The van der Waals surface area contributed by atoms with Gasteiger partial charge in [0.05, 0.1) is 22.6 Å². The molecule has 142 valence electrons. The number of nitrogens with zero attached hydrogens (tertiary/aromatic N) is 3. The van der Waals surface area contributed by atoms with E-state index in [1.807, 2.05) is 60.8 Å². The van der Waals surface area contributed by atoms with Crippen molar-refractivity contribution < 1.29 is 4.79 Å². The standard InChI is InChI=1S/C20H28N4O.ClH/c1-15-19(16(2)24(22-15)18-7-5-4-6-8-18)20(25)23-13-10-17(11-14-23)9-12-21-3;/h4-8,17,21H,9-14H2,1-3H3;1H. The van der Waals surface area contributed by atoms with Crippen molar-refractivity contribution in [2.24, 2.45) is 5.92 Å². The van der Waals surface area contributed by atoms with Crippen LogP contribution in [0.25, 0.3) is 5.69 Å². The monoisotopic (exact) mass is 376 g/mol. The molecule has 26 heavy (non-hydrogen) atoms. The number of hydrogen-bond donors (Lipinski definition) is 1. The van der Waals surface area contributed by atoms with E-state index < -0.39 is 0 Å². The first-order valence-corrected chi connectivity index (χ1v) is 9.17. The molecule has 6 heteroatoms. The van der Waals surface area contributed by atoms with Crippen LogP contribution in [0.15, 0.2) is 30.3 Å². The molecule has 1 N–H and O–H groups in total. The fraction of sp³-hybridized carbons (Fsp3) is 0.500. The molecule has 1 aromatic carbocycles. The van der Waals surface area contributed by atoms with E-state index in [0.29, 0.717) is 0 Å². The number of para-hydroxylation sites is 1. The van der Waals surface area contributed by atoms with Crippen LogP contribution in [0.3, 0.4) is 0 Å². The number of amides is 1. The molecule has 1 fully saturated rings. The van der Waals surface area contributed by atoms with Crippen LogP contribution < -0.4 is 5.32 Å². The van der Waals surface area contributed by atoms with Gasteiger partial charge in [-0.15, -0.1) is 12.4 Å². The molecule has 1 saturated heterocycles. The number of rotatable bonds is 5. The summed E-state index contributed by atoms with van der Waals surface area (Å²) in [6, 6.07) is 9.99. The van der Waals surface area contributed by atoms with Crippen LogP contribution >= 0.6 is 12.4 Å². The molecule has 3 rings (SSSR count). The van der Waals surface area contributed by atoms with Gasteiger partial charge < -0.3 is 10.2 Å². The number of hydrogen-bond acceptors (Lipinski definition) is 3. The Kier molecular flexibility index (Phi) is 7.23. The highest BCUT2D eigenvalue weighted by molar-refractivity contribution is 5.96. The minimum atomic E-state index is 0. The van der Waals surface area contributed by atoms with Crippen LogP contribution in [0, 0.1) is 19.8 Å². The summed E-state index contributed by atoms with van der Waals surface area (Å²) in [6.07, 6.45) is 3.39. The van der Waals surface area contributed by atoms with E-state index in [-0.39, 0.29) is 18.3 Å². The largest absolute Gasteiger partial charge is 0.339 e. The number of likely N-dealkylation sites (tertiary alicyclic amines) is 1. The van der Waals surface area contributed by atoms with Crippen LogP contribution in [-0.2, 0) is 0 Å². The number of aromatic nitrogens is 2. The number of halogens is 1. The van der Waals surface area contributed by atoms with Crippen molar-refractivity contribution in [2.75, 3.05) is 26.7 Å². The van der Waals surface area contributed by atoms with Gasteiger partial charge in [-0.05, 0) is 64.8 Å². The molecule has 2 aromatic rings. The highest BCUT2D eigenvalue weighted by Crippen LogP contribution is 2.24. The molecule has 0 atom stereocenters. The number of carbonyl (C=O) groups is 1. The fourth-order valence-electron chi connectivity index (χ4n) is 3.70. The minimum Gasteiger partial charge on any atom is -0.339 e. The third-order valence-corrected chi connectivity index (χ3v) is 5.21. The summed E-state index contributed by atoms with van der Waals surface area (Å²) in [5.74, 6) is 0.856. The Balaban J connectivity index is 0.00000243. The maximum absolute atomic E-state index is 13.1. The van der Waals surface area contributed by atoms with E-state index in [1.165, 1.54) is 6.42 Å². The predicted molar refractivity (Wildman–Crippen MR) is 107 cm³/mol. The van der Waals surface area contributed by atoms with Gasteiger partial charge in [0.15, 0.2) is 0 Å². The van der Waals surface area contributed by atoms with Crippen LogP contribution in [0.4, 0.5) is 0 Å². The molecule has 0 unspecified atom stereocenters. The van der Waals surface area contributed by atoms with Crippen molar-refractivity contribution >= 4 is 18.3 Å². The zero-order chi connectivity index (χ0) is 17.8. The van der Waals surface area contributed by atoms with E-state index in [1.54, 1.807) is 0 Å². The Hall–Kier alpha value is -1.85. The molecule has 0 radical (unpaired) electrons. The van der Waals surface area contributed by atoms with Gasteiger partial charge in [0.2, 0.25) is 0 Å². The van der Waals surface area contributed by atoms with Gasteiger partial charge >= 0.3 is 0 Å². The maximum Gasteiger partial charge on any atom is 0.257 e. The SMILES string of the molecule is CNCCC1CCN(C(=O)c2c(C)nn(-c3ccccc3)c2C)CC1.Cl. The number of benzene rings is 1. The van der Waals surface area contributed by atoms with Crippen molar-refractivity contribution in [1.29, 1.82) is 0 Å². The highest BCUT2D eigenvalue weighted by atomic mass is 35.5. The average Bonchev–Trinajstić information content (AvgIpc) is 2.95. The first kappa shape index (κ1) is 20.5. The van der Waals surface area contributed by atoms with Gasteiger partial charge in [-0.2, -0.15) is 5.10 Å². The third-order valence-electron chi connectivity index (χ3n) is 5.21. The topological polar surface area (TPSA) is 50.2 Å². The highest BCUT2D eigenvalue weighted by Gasteiger charge is 2.27. The van der Waals surface area contributed by atoms with Crippen molar-refractivity contribution in [1.82, 2.24) is 20.0 Å². The fourth-order valence-corrected chi connectivity index (χ4v) is 3.70. The quantitative estimate of drug-likeness (QED) is 0.870. The van der Waals surface area contributed by atoms with Crippen LogP contribution in [0.5, 0.6) is 0 Å². The number of nitrogens with one attached hydrogen (secondary N) is 1. The predicted octanol–water partition coefficient (Wildman–Crippen LogP) is 3.37. The molecule has 1 aliphatic rings. The van der Waals surface area contributed by atoms with Gasteiger partial charge in [0.1, 0.15) is 0 Å². The second-order valence-electron chi connectivity index (χ2n) is 6.92. The lowest BCUT2D eigenvalue weighted by atomic mass is 9.93. The number of carbonyl (C=O) groups excluding carboxylic acids is 1. The zero-order valence-electron chi connectivity index (χ0n) is 15.9. The summed E-state index contributed by atoms with van der Waals surface area (Å²) in [5, 5.41) is 7.83. The molecule has 0 spiro atoms.